The summed E-state index contributed by atoms with van der Waals surface area (Å²) in [5.41, 5.74) is 1.71. The van der Waals surface area contributed by atoms with Gasteiger partial charge in [0.25, 0.3) is 0 Å². The highest BCUT2D eigenvalue weighted by atomic mass is 32.2. The van der Waals surface area contributed by atoms with Gasteiger partial charge in [-0.15, -0.1) is 0 Å². The predicted molar refractivity (Wildman–Crippen MR) is 92.6 cm³/mol. The number of amides is 1. The zero-order valence-corrected chi connectivity index (χ0v) is 14.3. The highest BCUT2D eigenvalue weighted by Gasteiger charge is 2.23. The van der Waals surface area contributed by atoms with Crippen molar-refractivity contribution in [3.8, 4) is 0 Å². The fraction of sp³-hybridized carbons (Fsp3) is 0.167. The monoisotopic (exact) mass is 342 g/mol. The third-order valence-corrected chi connectivity index (χ3v) is 5.76. The number of rotatable bonds is 4. The van der Waals surface area contributed by atoms with E-state index in [2.05, 4.69) is 5.32 Å². The molecule has 124 valence electrons. The van der Waals surface area contributed by atoms with E-state index < -0.39 is 9.84 Å². The molecule has 1 amide bonds. The number of benzene rings is 2. The van der Waals surface area contributed by atoms with Gasteiger partial charge in [-0.05, 0) is 25.1 Å². The molecule has 5 nitrogen and oxygen atoms in total. The summed E-state index contributed by atoms with van der Waals surface area (Å²) in [5.74, 6) is -0.185. The Hall–Kier alpha value is -2.60. The number of fused-ring (bicyclic) bond motifs is 1. The first-order valence-electron chi connectivity index (χ1n) is 7.53. The number of sulfone groups is 1. The normalized spacial score (nSPS) is 11.6. The lowest BCUT2D eigenvalue weighted by molar-refractivity contribution is -0.121. The maximum Gasteiger partial charge on any atom is 0.239 e. The number of nitrogens with one attached hydrogen (secondary N) is 1. The predicted octanol–water partition coefficient (Wildman–Crippen LogP) is 2.53. The van der Waals surface area contributed by atoms with Crippen LogP contribution in [-0.2, 0) is 21.2 Å². The van der Waals surface area contributed by atoms with Crippen LogP contribution in [0.15, 0.2) is 64.5 Å². The summed E-state index contributed by atoms with van der Waals surface area (Å²) in [6.07, 6.45) is 1.54. The van der Waals surface area contributed by atoms with Crippen LogP contribution in [0.25, 0.3) is 10.9 Å². The molecule has 0 aliphatic heterocycles. The second-order valence-corrected chi connectivity index (χ2v) is 7.55. The smallest absolute Gasteiger partial charge is 0.239 e. The van der Waals surface area contributed by atoms with Gasteiger partial charge < -0.3 is 9.88 Å². The van der Waals surface area contributed by atoms with E-state index in [1.54, 1.807) is 48.0 Å². The second kappa shape index (κ2) is 6.13. The molecule has 3 aromatic rings. The van der Waals surface area contributed by atoms with Gasteiger partial charge in [-0.1, -0.05) is 35.9 Å². The molecular weight excluding hydrogens is 324 g/mol. The second-order valence-electron chi connectivity index (χ2n) is 5.63. The summed E-state index contributed by atoms with van der Waals surface area (Å²) in [5, 5.41) is 3.17. The molecule has 0 aliphatic carbocycles. The van der Waals surface area contributed by atoms with Gasteiger partial charge in [-0.3, -0.25) is 4.79 Å². The van der Waals surface area contributed by atoms with Crippen molar-refractivity contribution in [2.75, 3.05) is 7.05 Å². The van der Waals surface area contributed by atoms with Crippen LogP contribution in [-0.4, -0.2) is 25.9 Å². The Kier molecular flexibility index (Phi) is 4.15. The molecule has 1 aromatic heterocycles. The zero-order chi connectivity index (χ0) is 17.3. The SMILES string of the molecule is CNC(=O)Cn1cc(S(=O)(=O)c2ccc(C)cc2)c2ccccc21. The van der Waals surface area contributed by atoms with Crippen LogP contribution in [0.3, 0.4) is 0 Å². The van der Waals surface area contributed by atoms with Crippen LogP contribution in [0.5, 0.6) is 0 Å². The van der Waals surface area contributed by atoms with Crippen LogP contribution in [0, 0.1) is 6.92 Å². The lowest BCUT2D eigenvalue weighted by Gasteiger charge is -2.04. The van der Waals surface area contributed by atoms with Crippen molar-refractivity contribution in [2.45, 2.75) is 23.3 Å². The summed E-state index contributed by atoms with van der Waals surface area (Å²) < 4.78 is 27.7. The van der Waals surface area contributed by atoms with E-state index in [1.807, 2.05) is 19.1 Å². The number of nitrogens with zero attached hydrogens (tertiary/aromatic N) is 1. The van der Waals surface area contributed by atoms with Gasteiger partial charge in [-0.25, -0.2) is 8.42 Å². The lowest BCUT2D eigenvalue weighted by atomic mass is 10.2. The number of carbonyl (C=O) groups is 1. The Morgan fingerprint density at radius 3 is 2.42 bits per heavy atom. The van der Waals surface area contributed by atoms with Crippen molar-refractivity contribution in [2.24, 2.45) is 0 Å². The van der Waals surface area contributed by atoms with E-state index in [4.69, 9.17) is 0 Å². The minimum Gasteiger partial charge on any atom is -0.358 e. The first-order chi connectivity index (χ1) is 11.4. The summed E-state index contributed by atoms with van der Waals surface area (Å²) >= 11 is 0. The van der Waals surface area contributed by atoms with E-state index in [1.165, 1.54) is 6.20 Å². The summed E-state index contributed by atoms with van der Waals surface area (Å²) in [4.78, 5) is 12.2. The minimum absolute atomic E-state index is 0.0699. The number of aryl methyl sites for hydroxylation is 1. The van der Waals surface area contributed by atoms with Crippen LogP contribution in [0.1, 0.15) is 5.56 Å². The van der Waals surface area contributed by atoms with Crippen LogP contribution >= 0.6 is 0 Å². The highest BCUT2D eigenvalue weighted by Crippen LogP contribution is 2.30. The van der Waals surface area contributed by atoms with Crippen molar-refractivity contribution in [1.29, 1.82) is 0 Å². The van der Waals surface area contributed by atoms with E-state index in [-0.39, 0.29) is 22.2 Å². The van der Waals surface area contributed by atoms with Crippen molar-refractivity contribution in [3.63, 3.8) is 0 Å². The topological polar surface area (TPSA) is 68.2 Å². The largest absolute Gasteiger partial charge is 0.358 e. The minimum atomic E-state index is -3.66. The average molecular weight is 342 g/mol. The molecule has 1 N–H and O–H groups in total. The maximum atomic E-state index is 13.0. The van der Waals surface area contributed by atoms with E-state index in [0.717, 1.165) is 5.56 Å². The highest BCUT2D eigenvalue weighted by molar-refractivity contribution is 7.91. The summed E-state index contributed by atoms with van der Waals surface area (Å²) in [6, 6.07) is 14.0. The quantitative estimate of drug-likeness (QED) is 0.792. The number of carbonyl (C=O) groups excluding carboxylic acids is 1. The molecule has 1 heterocycles. The fourth-order valence-corrected chi connectivity index (χ4v) is 4.11. The number of hydrogen-bond donors (Lipinski definition) is 1. The molecule has 3 rings (SSSR count). The molecule has 0 saturated heterocycles. The van der Waals surface area contributed by atoms with E-state index in [9.17, 15) is 13.2 Å². The standard InChI is InChI=1S/C18H18N2O3S/c1-13-7-9-14(10-8-13)24(22,23)17-11-20(12-18(21)19-2)16-6-4-3-5-15(16)17/h3-11H,12H2,1-2H3,(H,19,21). The molecule has 6 heteroatoms. The lowest BCUT2D eigenvalue weighted by Crippen LogP contribution is -2.23. The van der Waals surface area contributed by atoms with Crippen LogP contribution in [0.2, 0.25) is 0 Å². The molecule has 0 radical (unpaired) electrons. The Morgan fingerprint density at radius 1 is 1.08 bits per heavy atom. The first-order valence-corrected chi connectivity index (χ1v) is 9.02. The molecule has 24 heavy (non-hydrogen) atoms. The van der Waals surface area contributed by atoms with E-state index >= 15 is 0 Å². The van der Waals surface area contributed by atoms with Gasteiger partial charge >= 0.3 is 0 Å². The number of para-hydroxylation sites is 1. The Balaban J connectivity index is 2.19. The third kappa shape index (κ3) is 2.80. The molecule has 0 saturated carbocycles. The number of hydrogen-bond acceptors (Lipinski definition) is 3. The van der Waals surface area contributed by atoms with Crippen molar-refractivity contribution >= 4 is 26.6 Å². The first kappa shape index (κ1) is 16.3. The third-order valence-electron chi connectivity index (χ3n) is 3.97. The van der Waals surface area contributed by atoms with Crippen molar-refractivity contribution in [1.82, 2.24) is 9.88 Å². The molecule has 0 spiro atoms. The van der Waals surface area contributed by atoms with Crippen LogP contribution in [0.4, 0.5) is 0 Å². The Morgan fingerprint density at radius 2 is 1.75 bits per heavy atom. The maximum absolute atomic E-state index is 13.0. The Labute approximate surface area is 140 Å². The van der Waals surface area contributed by atoms with Crippen molar-refractivity contribution < 1.29 is 13.2 Å². The zero-order valence-electron chi connectivity index (χ0n) is 13.5. The van der Waals surface area contributed by atoms with Gasteiger partial charge in [-0.2, -0.15) is 0 Å². The number of aromatic nitrogens is 1. The van der Waals surface area contributed by atoms with Gasteiger partial charge in [0.2, 0.25) is 15.7 Å². The molecule has 0 aliphatic rings. The molecule has 0 fully saturated rings. The van der Waals surface area contributed by atoms with Gasteiger partial charge in [0.1, 0.15) is 6.54 Å². The van der Waals surface area contributed by atoms with E-state index in [0.29, 0.717) is 10.9 Å². The van der Waals surface area contributed by atoms with Gasteiger partial charge in [0.15, 0.2) is 0 Å². The van der Waals surface area contributed by atoms with Crippen LogP contribution < -0.4 is 5.32 Å². The van der Waals surface area contributed by atoms with Gasteiger partial charge in [0, 0.05) is 24.1 Å². The number of likely N-dealkylation sites (N-methyl/N-ethyl adjacent to an activating group) is 1. The summed E-state index contributed by atoms with van der Waals surface area (Å²) in [7, 11) is -2.10. The molecular formula is C18H18N2O3S. The molecule has 2 aromatic carbocycles. The van der Waals surface area contributed by atoms with Crippen molar-refractivity contribution in [3.05, 3.63) is 60.3 Å². The molecule has 0 atom stereocenters. The Bertz CT molecular complexity index is 1000. The molecule has 0 bridgehead atoms. The fourth-order valence-electron chi connectivity index (χ4n) is 2.64. The summed E-state index contributed by atoms with van der Waals surface area (Å²) in [6.45, 7) is 1.98. The molecule has 0 unspecified atom stereocenters. The van der Waals surface area contributed by atoms with Gasteiger partial charge in [0.05, 0.1) is 9.79 Å². The average Bonchev–Trinajstić information content (AvgIpc) is 2.95.